The lowest BCUT2D eigenvalue weighted by Crippen LogP contribution is -2.52. The molecule has 0 atom stereocenters. The smallest absolute Gasteiger partial charge is 0.0130 e. The van der Waals surface area contributed by atoms with E-state index in [2.05, 4.69) is 53.4 Å². The van der Waals surface area contributed by atoms with E-state index in [9.17, 15) is 0 Å². The molecular formula is C10H26N2. The van der Waals surface area contributed by atoms with Gasteiger partial charge in [0.2, 0.25) is 0 Å². The molecule has 0 unspecified atom stereocenters. The second-order valence-electron chi connectivity index (χ2n) is 5.09. The van der Waals surface area contributed by atoms with Gasteiger partial charge in [-0.1, -0.05) is 6.92 Å². The maximum Gasteiger partial charge on any atom is 0.0130 e. The minimum Gasteiger partial charge on any atom is -0.344 e. The second kappa shape index (κ2) is 4.24. The van der Waals surface area contributed by atoms with Crippen LogP contribution in [0.1, 0.15) is 48.5 Å². The molecule has 0 heterocycles. The molecule has 12 heavy (non-hydrogen) atoms. The number of rotatable bonds is 1. The van der Waals surface area contributed by atoms with Crippen molar-refractivity contribution in [3.05, 3.63) is 0 Å². The van der Waals surface area contributed by atoms with E-state index in [1.807, 2.05) is 0 Å². The summed E-state index contributed by atoms with van der Waals surface area (Å²) >= 11 is 0. The molecule has 0 amide bonds. The molecule has 0 saturated heterocycles. The fourth-order valence-corrected chi connectivity index (χ4v) is 1.95. The van der Waals surface area contributed by atoms with Crippen LogP contribution in [0.5, 0.6) is 0 Å². The van der Waals surface area contributed by atoms with E-state index in [0.717, 1.165) is 6.54 Å². The van der Waals surface area contributed by atoms with E-state index in [-0.39, 0.29) is 17.2 Å². The summed E-state index contributed by atoms with van der Waals surface area (Å²) in [5.41, 5.74) is 0.569. The van der Waals surface area contributed by atoms with Crippen LogP contribution in [0, 0.1) is 0 Å². The average Bonchev–Trinajstić information content (AvgIpc) is 1.56. The SMILES string of the molecule is CCN(C(C)(C)C)C(C)(C)C.N. The van der Waals surface area contributed by atoms with Crippen molar-refractivity contribution in [2.45, 2.75) is 59.5 Å². The summed E-state index contributed by atoms with van der Waals surface area (Å²) in [7, 11) is 0. The fraction of sp³-hybridized carbons (Fsp3) is 1.00. The van der Waals surface area contributed by atoms with Gasteiger partial charge in [-0.25, -0.2) is 0 Å². The lowest BCUT2D eigenvalue weighted by Gasteiger charge is -2.44. The predicted octanol–water partition coefficient (Wildman–Crippen LogP) is 3.07. The summed E-state index contributed by atoms with van der Waals surface area (Å²) in [6.45, 7) is 16.9. The van der Waals surface area contributed by atoms with Gasteiger partial charge in [-0.3, -0.25) is 4.90 Å². The molecule has 3 N–H and O–H groups in total. The van der Waals surface area contributed by atoms with Crippen LogP contribution in [-0.4, -0.2) is 22.5 Å². The standard InChI is InChI=1S/C10H23N.H3N/c1-8-11(9(2,3)4)10(5,6)7;/h8H2,1-7H3;1H3. The molecule has 0 aromatic carbocycles. The zero-order valence-electron chi connectivity index (χ0n) is 9.86. The lowest BCUT2D eigenvalue weighted by atomic mass is 9.96. The quantitative estimate of drug-likeness (QED) is 0.663. The normalized spacial score (nSPS) is 13.0. The van der Waals surface area contributed by atoms with Gasteiger partial charge in [-0.2, -0.15) is 0 Å². The van der Waals surface area contributed by atoms with Gasteiger partial charge in [0.25, 0.3) is 0 Å². The molecule has 0 fully saturated rings. The van der Waals surface area contributed by atoms with E-state index < -0.39 is 0 Å². The van der Waals surface area contributed by atoms with E-state index in [1.165, 1.54) is 0 Å². The zero-order valence-corrected chi connectivity index (χ0v) is 9.86. The van der Waals surface area contributed by atoms with Gasteiger partial charge in [0.1, 0.15) is 0 Å². The molecular weight excluding hydrogens is 148 g/mol. The largest absolute Gasteiger partial charge is 0.344 e. The van der Waals surface area contributed by atoms with E-state index in [4.69, 9.17) is 0 Å². The maximum absolute atomic E-state index is 2.50. The van der Waals surface area contributed by atoms with Crippen LogP contribution in [0.2, 0.25) is 0 Å². The Balaban J connectivity index is 0. The van der Waals surface area contributed by atoms with Gasteiger partial charge in [0.15, 0.2) is 0 Å². The third kappa shape index (κ3) is 4.07. The van der Waals surface area contributed by atoms with Crippen molar-refractivity contribution >= 4 is 0 Å². The number of nitrogens with zero attached hydrogens (tertiary/aromatic N) is 1. The number of hydrogen-bond donors (Lipinski definition) is 1. The first-order valence-electron chi connectivity index (χ1n) is 4.47. The van der Waals surface area contributed by atoms with Crippen molar-refractivity contribution in [3.63, 3.8) is 0 Å². The van der Waals surface area contributed by atoms with Gasteiger partial charge in [0, 0.05) is 11.1 Å². The van der Waals surface area contributed by atoms with Crippen molar-refractivity contribution < 1.29 is 0 Å². The summed E-state index contributed by atoms with van der Waals surface area (Å²) in [6, 6.07) is 0. The molecule has 0 rings (SSSR count). The molecule has 0 bridgehead atoms. The van der Waals surface area contributed by atoms with Crippen LogP contribution in [0.25, 0.3) is 0 Å². The first-order valence-corrected chi connectivity index (χ1v) is 4.47. The van der Waals surface area contributed by atoms with Gasteiger partial charge < -0.3 is 6.15 Å². The third-order valence-corrected chi connectivity index (χ3v) is 1.94. The molecule has 0 spiro atoms. The molecule has 0 aliphatic rings. The molecule has 0 aromatic rings. The summed E-state index contributed by atoms with van der Waals surface area (Å²) < 4.78 is 0. The van der Waals surface area contributed by atoms with Crippen molar-refractivity contribution in [1.82, 2.24) is 11.1 Å². The van der Waals surface area contributed by atoms with Gasteiger partial charge in [-0.15, -0.1) is 0 Å². The average molecular weight is 174 g/mol. The Kier molecular flexibility index (Phi) is 5.10. The molecule has 0 aliphatic carbocycles. The van der Waals surface area contributed by atoms with E-state index in [1.54, 1.807) is 0 Å². The molecule has 0 radical (unpaired) electrons. The summed E-state index contributed by atoms with van der Waals surface area (Å²) in [4.78, 5) is 2.50. The highest BCUT2D eigenvalue weighted by atomic mass is 15.2. The first-order chi connectivity index (χ1) is 4.69. The molecule has 2 heteroatoms. The Bertz CT molecular complexity index is 103. The van der Waals surface area contributed by atoms with Gasteiger partial charge in [-0.05, 0) is 48.1 Å². The van der Waals surface area contributed by atoms with Crippen molar-refractivity contribution in [3.8, 4) is 0 Å². The Hall–Kier alpha value is -0.0800. The lowest BCUT2D eigenvalue weighted by molar-refractivity contribution is 0.0447. The van der Waals surface area contributed by atoms with Crippen LogP contribution in [0.3, 0.4) is 0 Å². The van der Waals surface area contributed by atoms with Crippen LogP contribution >= 0.6 is 0 Å². The van der Waals surface area contributed by atoms with Crippen LogP contribution in [-0.2, 0) is 0 Å². The first kappa shape index (κ1) is 14.4. The van der Waals surface area contributed by atoms with E-state index >= 15 is 0 Å². The third-order valence-electron chi connectivity index (χ3n) is 1.94. The second-order valence-corrected chi connectivity index (χ2v) is 5.09. The highest BCUT2D eigenvalue weighted by Gasteiger charge is 2.29. The van der Waals surface area contributed by atoms with Crippen molar-refractivity contribution in [2.75, 3.05) is 6.54 Å². The molecule has 76 valence electrons. The minimum absolute atomic E-state index is 0. The minimum atomic E-state index is 0. The fourth-order valence-electron chi connectivity index (χ4n) is 1.95. The van der Waals surface area contributed by atoms with Crippen LogP contribution < -0.4 is 6.15 Å². The molecule has 0 aromatic heterocycles. The number of hydrogen-bond acceptors (Lipinski definition) is 2. The van der Waals surface area contributed by atoms with Gasteiger partial charge in [0.05, 0.1) is 0 Å². The van der Waals surface area contributed by atoms with Gasteiger partial charge >= 0.3 is 0 Å². The Morgan fingerprint density at radius 2 is 1.08 bits per heavy atom. The monoisotopic (exact) mass is 174 g/mol. The van der Waals surface area contributed by atoms with E-state index in [0.29, 0.717) is 0 Å². The van der Waals surface area contributed by atoms with Crippen LogP contribution in [0.4, 0.5) is 0 Å². The Morgan fingerprint density at radius 1 is 0.833 bits per heavy atom. The summed E-state index contributed by atoms with van der Waals surface area (Å²) in [5, 5.41) is 0. The topological polar surface area (TPSA) is 38.2 Å². The predicted molar refractivity (Wildman–Crippen MR) is 56.9 cm³/mol. The highest BCUT2D eigenvalue weighted by molar-refractivity contribution is 4.85. The summed E-state index contributed by atoms with van der Waals surface area (Å²) in [6.07, 6.45) is 0. The molecule has 0 saturated carbocycles. The zero-order chi connectivity index (χ0) is 9.28. The summed E-state index contributed by atoms with van der Waals surface area (Å²) in [5.74, 6) is 0. The Labute approximate surface area is 77.9 Å². The molecule has 0 aliphatic heterocycles. The van der Waals surface area contributed by atoms with Crippen molar-refractivity contribution in [2.24, 2.45) is 0 Å². The highest BCUT2D eigenvalue weighted by Crippen LogP contribution is 2.23. The Morgan fingerprint density at radius 3 is 1.08 bits per heavy atom. The molecule has 2 nitrogen and oxygen atoms in total. The maximum atomic E-state index is 2.50. The van der Waals surface area contributed by atoms with Crippen molar-refractivity contribution in [1.29, 1.82) is 0 Å². The van der Waals surface area contributed by atoms with Crippen LogP contribution in [0.15, 0.2) is 0 Å².